The summed E-state index contributed by atoms with van der Waals surface area (Å²) in [5.41, 5.74) is 7.96. The van der Waals surface area contributed by atoms with Crippen molar-refractivity contribution < 1.29 is 0 Å². The first-order valence-electron chi connectivity index (χ1n) is 5.50. The average molecular weight is 359 g/mol. The predicted molar refractivity (Wildman–Crippen MR) is 80.2 cm³/mol. The molecule has 1 aromatic heterocycles. The highest BCUT2D eigenvalue weighted by Gasteiger charge is 2.10. The zero-order chi connectivity index (χ0) is 12.3. The minimum Gasteiger partial charge on any atom is -0.330 e. The second kappa shape index (κ2) is 5.88. The number of hydrogen-bond donors (Lipinski definition) is 1. The van der Waals surface area contributed by atoms with Crippen LogP contribution in [0.25, 0.3) is 10.6 Å². The van der Waals surface area contributed by atoms with E-state index in [1.54, 1.807) is 11.3 Å². The van der Waals surface area contributed by atoms with E-state index >= 15 is 0 Å². The maximum absolute atomic E-state index is 5.49. The SMILES string of the molecule is Cc1cccc(-c2nnc(CCCN)s2)c1I. The minimum atomic E-state index is 0.705. The largest absolute Gasteiger partial charge is 0.330 e. The van der Waals surface area contributed by atoms with E-state index < -0.39 is 0 Å². The van der Waals surface area contributed by atoms with Crippen LogP contribution < -0.4 is 5.73 Å². The first kappa shape index (κ1) is 12.9. The normalized spacial score (nSPS) is 10.8. The number of halogens is 1. The molecular formula is C12H14IN3S. The van der Waals surface area contributed by atoms with Crippen molar-refractivity contribution >= 4 is 33.9 Å². The second-order valence-electron chi connectivity index (χ2n) is 3.83. The summed E-state index contributed by atoms with van der Waals surface area (Å²) in [7, 11) is 0. The Labute approximate surface area is 119 Å². The fourth-order valence-corrected chi connectivity index (χ4v) is 3.24. The van der Waals surface area contributed by atoms with E-state index in [2.05, 4.69) is 57.9 Å². The van der Waals surface area contributed by atoms with Gasteiger partial charge in [0.05, 0.1) is 0 Å². The van der Waals surface area contributed by atoms with Crippen LogP contribution >= 0.6 is 33.9 Å². The highest BCUT2D eigenvalue weighted by Crippen LogP contribution is 2.29. The standard InChI is InChI=1S/C12H14IN3S/c1-8-4-2-5-9(11(8)13)12-16-15-10(17-12)6-3-7-14/h2,4-5H,3,6-7,14H2,1H3. The molecule has 2 aromatic rings. The van der Waals surface area contributed by atoms with Gasteiger partial charge in [0.2, 0.25) is 0 Å². The molecule has 3 nitrogen and oxygen atoms in total. The van der Waals surface area contributed by atoms with Crippen LogP contribution in [0.1, 0.15) is 17.0 Å². The predicted octanol–water partition coefficient (Wildman–Crippen LogP) is 3.01. The molecule has 0 bridgehead atoms. The Morgan fingerprint density at radius 3 is 2.94 bits per heavy atom. The van der Waals surface area contributed by atoms with Crippen molar-refractivity contribution in [3.63, 3.8) is 0 Å². The molecule has 17 heavy (non-hydrogen) atoms. The Morgan fingerprint density at radius 2 is 2.18 bits per heavy atom. The first-order valence-corrected chi connectivity index (χ1v) is 7.40. The number of hydrogen-bond acceptors (Lipinski definition) is 4. The summed E-state index contributed by atoms with van der Waals surface area (Å²) in [6.07, 6.45) is 1.90. The van der Waals surface area contributed by atoms with E-state index in [9.17, 15) is 0 Å². The van der Waals surface area contributed by atoms with Gasteiger partial charge in [0.15, 0.2) is 0 Å². The Kier molecular flexibility index (Phi) is 4.47. The molecule has 0 aliphatic heterocycles. The van der Waals surface area contributed by atoms with Gasteiger partial charge in [-0.2, -0.15) is 0 Å². The Hall–Kier alpha value is -0.530. The lowest BCUT2D eigenvalue weighted by Gasteiger charge is -2.02. The molecule has 2 rings (SSSR count). The molecule has 0 saturated carbocycles. The summed E-state index contributed by atoms with van der Waals surface area (Å²) in [6.45, 7) is 2.82. The van der Waals surface area contributed by atoms with E-state index in [0.29, 0.717) is 6.54 Å². The smallest absolute Gasteiger partial charge is 0.148 e. The van der Waals surface area contributed by atoms with Crippen molar-refractivity contribution in [3.05, 3.63) is 32.3 Å². The van der Waals surface area contributed by atoms with Gasteiger partial charge in [0, 0.05) is 15.6 Å². The zero-order valence-electron chi connectivity index (χ0n) is 9.61. The van der Waals surface area contributed by atoms with Crippen molar-refractivity contribution in [1.82, 2.24) is 10.2 Å². The molecule has 0 saturated heterocycles. The zero-order valence-corrected chi connectivity index (χ0v) is 12.6. The van der Waals surface area contributed by atoms with Gasteiger partial charge in [-0.1, -0.05) is 29.5 Å². The number of rotatable bonds is 4. The molecule has 1 heterocycles. The lowest BCUT2D eigenvalue weighted by molar-refractivity contribution is 0.812. The topological polar surface area (TPSA) is 51.8 Å². The summed E-state index contributed by atoms with van der Waals surface area (Å²) in [5.74, 6) is 0. The summed E-state index contributed by atoms with van der Waals surface area (Å²) >= 11 is 4.03. The number of nitrogens with zero attached hydrogens (tertiary/aromatic N) is 2. The molecule has 0 aliphatic rings. The lowest BCUT2D eigenvalue weighted by Crippen LogP contribution is -1.99. The van der Waals surface area contributed by atoms with Crippen LogP contribution in [0.5, 0.6) is 0 Å². The van der Waals surface area contributed by atoms with Crippen LogP contribution in [-0.2, 0) is 6.42 Å². The van der Waals surface area contributed by atoms with Crippen molar-refractivity contribution in [2.75, 3.05) is 6.54 Å². The van der Waals surface area contributed by atoms with Gasteiger partial charge in [0.1, 0.15) is 10.0 Å². The minimum absolute atomic E-state index is 0.705. The molecule has 0 amide bonds. The third kappa shape index (κ3) is 3.02. The number of aromatic nitrogens is 2. The van der Waals surface area contributed by atoms with Crippen LogP contribution in [0, 0.1) is 10.5 Å². The Morgan fingerprint density at radius 1 is 1.35 bits per heavy atom. The van der Waals surface area contributed by atoms with Gasteiger partial charge in [0.25, 0.3) is 0 Å². The third-order valence-corrected chi connectivity index (χ3v) is 4.93. The van der Waals surface area contributed by atoms with Gasteiger partial charge >= 0.3 is 0 Å². The molecule has 0 unspecified atom stereocenters. The maximum Gasteiger partial charge on any atom is 0.148 e. The number of aryl methyl sites for hydroxylation is 2. The molecule has 5 heteroatoms. The van der Waals surface area contributed by atoms with Crippen molar-refractivity contribution in [3.8, 4) is 10.6 Å². The average Bonchev–Trinajstić information content (AvgIpc) is 2.78. The quantitative estimate of drug-likeness (QED) is 0.854. The van der Waals surface area contributed by atoms with Gasteiger partial charge < -0.3 is 5.73 Å². The summed E-state index contributed by atoms with van der Waals surface area (Å²) in [4.78, 5) is 0. The summed E-state index contributed by atoms with van der Waals surface area (Å²) in [6, 6.07) is 6.28. The molecule has 0 fully saturated rings. The monoisotopic (exact) mass is 359 g/mol. The second-order valence-corrected chi connectivity index (χ2v) is 5.97. The molecule has 2 N–H and O–H groups in total. The van der Waals surface area contributed by atoms with E-state index in [4.69, 9.17) is 5.73 Å². The Balaban J connectivity index is 2.27. The van der Waals surface area contributed by atoms with E-state index in [1.165, 1.54) is 14.7 Å². The van der Waals surface area contributed by atoms with Crippen LogP contribution in [0.15, 0.2) is 18.2 Å². The van der Waals surface area contributed by atoms with E-state index in [1.807, 2.05) is 0 Å². The fraction of sp³-hybridized carbons (Fsp3) is 0.333. The molecule has 0 atom stereocenters. The van der Waals surface area contributed by atoms with Gasteiger partial charge in [-0.05, 0) is 48.0 Å². The van der Waals surface area contributed by atoms with Gasteiger partial charge in [-0.15, -0.1) is 10.2 Å². The summed E-state index contributed by atoms with van der Waals surface area (Å²) < 4.78 is 1.26. The van der Waals surface area contributed by atoms with E-state index in [-0.39, 0.29) is 0 Å². The number of nitrogens with two attached hydrogens (primary N) is 1. The van der Waals surface area contributed by atoms with Crippen LogP contribution in [0.4, 0.5) is 0 Å². The molecule has 90 valence electrons. The summed E-state index contributed by atoms with van der Waals surface area (Å²) in [5, 5.41) is 10.6. The molecule has 0 aliphatic carbocycles. The molecule has 1 aromatic carbocycles. The molecule has 0 radical (unpaired) electrons. The lowest BCUT2D eigenvalue weighted by atomic mass is 10.1. The fourth-order valence-electron chi connectivity index (χ4n) is 1.53. The van der Waals surface area contributed by atoms with Crippen LogP contribution in [0.3, 0.4) is 0 Å². The molecule has 0 spiro atoms. The highest BCUT2D eigenvalue weighted by atomic mass is 127. The maximum atomic E-state index is 5.49. The van der Waals surface area contributed by atoms with Crippen molar-refractivity contribution in [2.45, 2.75) is 19.8 Å². The van der Waals surface area contributed by atoms with Gasteiger partial charge in [-0.25, -0.2) is 0 Å². The number of benzene rings is 1. The van der Waals surface area contributed by atoms with Gasteiger partial charge in [-0.3, -0.25) is 0 Å². The van der Waals surface area contributed by atoms with Crippen LogP contribution in [-0.4, -0.2) is 16.7 Å². The van der Waals surface area contributed by atoms with Crippen molar-refractivity contribution in [2.24, 2.45) is 5.73 Å². The third-order valence-electron chi connectivity index (χ3n) is 2.48. The van der Waals surface area contributed by atoms with Crippen LogP contribution in [0.2, 0.25) is 0 Å². The highest BCUT2D eigenvalue weighted by molar-refractivity contribution is 14.1. The Bertz CT molecular complexity index is 510. The van der Waals surface area contributed by atoms with Crippen molar-refractivity contribution in [1.29, 1.82) is 0 Å². The first-order chi connectivity index (χ1) is 8.22. The molecular weight excluding hydrogens is 345 g/mol. The van der Waals surface area contributed by atoms with E-state index in [0.717, 1.165) is 22.9 Å².